The fourth-order valence-corrected chi connectivity index (χ4v) is 3.01. The van der Waals surface area contributed by atoms with E-state index in [2.05, 4.69) is 17.4 Å². The molecule has 110 valence electrons. The number of nitro benzene ring substituents is 1. The Bertz CT molecular complexity index is 622. The zero-order valence-electron chi connectivity index (χ0n) is 11.6. The van der Waals surface area contributed by atoms with Crippen LogP contribution < -0.4 is 10.9 Å². The van der Waals surface area contributed by atoms with Gasteiger partial charge in [-0.3, -0.25) is 25.8 Å². The van der Waals surface area contributed by atoms with Crippen molar-refractivity contribution >= 4 is 17.3 Å². The second-order valence-corrected chi connectivity index (χ2v) is 5.87. The number of nitrogens with zero attached hydrogens (tertiary/aromatic N) is 1. The molecule has 0 heterocycles. The number of nitrogens with one attached hydrogen (secondary N) is 2. The van der Waals surface area contributed by atoms with Crippen LogP contribution in [0.2, 0.25) is 0 Å². The number of hydrogen-bond donors (Lipinski definition) is 2. The summed E-state index contributed by atoms with van der Waals surface area (Å²) in [6, 6.07) is 6.14. The predicted octanol–water partition coefficient (Wildman–Crippen LogP) is 2.38. The summed E-state index contributed by atoms with van der Waals surface area (Å²) in [4.78, 5) is 22.3. The minimum Gasteiger partial charge on any atom is -0.299 e. The van der Waals surface area contributed by atoms with E-state index >= 15 is 0 Å². The van der Waals surface area contributed by atoms with Crippen molar-refractivity contribution < 1.29 is 9.72 Å². The lowest BCUT2D eigenvalue weighted by Gasteiger charge is -2.26. The largest absolute Gasteiger partial charge is 0.299 e. The molecule has 3 rings (SSSR count). The summed E-state index contributed by atoms with van der Waals surface area (Å²) in [5, 5.41) is 10.7. The summed E-state index contributed by atoms with van der Waals surface area (Å²) in [6.07, 6.45) is 4.50. The molecule has 2 aliphatic carbocycles. The molecule has 0 saturated heterocycles. The van der Waals surface area contributed by atoms with Crippen LogP contribution in [0.3, 0.4) is 0 Å². The van der Waals surface area contributed by atoms with Crippen molar-refractivity contribution in [3.8, 4) is 0 Å². The molecule has 1 spiro atoms. The Morgan fingerprint density at radius 3 is 2.71 bits per heavy atom. The SMILES string of the molecule is C=C(NNC(=O)C1CC12CCC2)c1cccc([N+](=O)[O-])c1. The third-order valence-electron chi connectivity index (χ3n) is 4.60. The molecule has 2 saturated carbocycles. The van der Waals surface area contributed by atoms with Gasteiger partial charge < -0.3 is 0 Å². The molecule has 1 atom stereocenters. The second-order valence-electron chi connectivity index (χ2n) is 5.87. The lowest BCUT2D eigenvalue weighted by molar-refractivity contribution is -0.384. The number of benzene rings is 1. The molecule has 1 unspecified atom stereocenters. The average molecular weight is 287 g/mol. The lowest BCUT2D eigenvalue weighted by atomic mass is 9.80. The van der Waals surface area contributed by atoms with E-state index in [1.807, 2.05) is 0 Å². The van der Waals surface area contributed by atoms with Crippen LogP contribution in [0.5, 0.6) is 0 Å². The monoisotopic (exact) mass is 287 g/mol. The lowest BCUT2D eigenvalue weighted by Crippen LogP contribution is -2.38. The van der Waals surface area contributed by atoms with E-state index in [4.69, 9.17) is 0 Å². The molecule has 6 heteroatoms. The van der Waals surface area contributed by atoms with Gasteiger partial charge in [-0.05, 0) is 24.7 Å². The highest BCUT2D eigenvalue weighted by molar-refractivity contribution is 5.83. The van der Waals surface area contributed by atoms with Gasteiger partial charge in [-0.15, -0.1) is 0 Å². The molecule has 21 heavy (non-hydrogen) atoms. The molecule has 2 aliphatic rings. The first kappa shape index (κ1) is 13.6. The van der Waals surface area contributed by atoms with Gasteiger partial charge in [0, 0.05) is 23.6 Å². The Kier molecular flexibility index (Phi) is 3.16. The highest BCUT2D eigenvalue weighted by Gasteiger charge is 2.60. The molecule has 2 fully saturated rings. The Morgan fingerprint density at radius 2 is 2.14 bits per heavy atom. The van der Waals surface area contributed by atoms with Gasteiger partial charge in [0.1, 0.15) is 0 Å². The number of hydrazine groups is 1. The van der Waals surface area contributed by atoms with Crippen molar-refractivity contribution in [2.75, 3.05) is 0 Å². The van der Waals surface area contributed by atoms with Crippen LogP contribution in [0.4, 0.5) is 5.69 Å². The number of rotatable bonds is 5. The minimum atomic E-state index is -0.458. The van der Waals surface area contributed by atoms with Gasteiger partial charge in [0.25, 0.3) is 5.69 Å². The second kappa shape index (κ2) is 4.87. The van der Waals surface area contributed by atoms with Crippen LogP contribution >= 0.6 is 0 Å². The maximum absolute atomic E-state index is 12.0. The Balaban J connectivity index is 1.55. The summed E-state index contributed by atoms with van der Waals surface area (Å²) in [5.41, 5.74) is 6.71. The molecule has 1 aromatic rings. The minimum absolute atomic E-state index is 0.00242. The number of non-ortho nitro benzene ring substituents is 1. The first-order valence-electron chi connectivity index (χ1n) is 7.01. The molecule has 0 aromatic heterocycles. The zero-order valence-corrected chi connectivity index (χ0v) is 11.6. The third kappa shape index (κ3) is 2.49. The molecule has 0 bridgehead atoms. The zero-order chi connectivity index (χ0) is 15.0. The summed E-state index contributed by atoms with van der Waals surface area (Å²) in [7, 11) is 0. The van der Waals surface area contributed by atoms with Crippen LogP contribution in [0.25, 0.3) is 5.70 Å². The summed E-state index contributed by atoms with van der Waals surface area (Å²) in [6.45, 7) is 3.80. The first-order chi connectivity index (χ1) is 10.0. The molecule has 1 aromatic carbocycles. The van der Waals surface area contributed by atoms with Crippen molar-refractivity contribution in [1.29, 1.82) is 0 Å². The Labute approximate surface area is 122 Å². The van der Waals surface area contributed by atoms with E-state index in [1.54, 1.807) is 12.1 Å². The van der Waals surface area contributed by atoms with E-state index in [0.29, 0.717) is 11.3 Å². The number of carbonyl (C=O) groups is 1. The van der Waals surface area contributed by atoms with Crippen LogP contribution in [0.15, 0.2) is 30.8 Å². The van der Waals surface area contributed by atoms with Crippen LogP contribution in [-0.4, -0.2) is 10.8 Å². The van der Waals surface area contributed by atoms with Gasteiger partial charge in [-0.25, -0.2) is 0 Å². The van der Waals surface area contributed by atoms with Gasteiger partial charge in [0.05, 0.1) is 10.6 Å². The van der Waals surface area contributed by atoms with Crippen LogP contribution in [0.1, 0.15) is 31.2 Å². The summed E-state index contributed by atoms with van der Waals surface area (Å²) in [5.74, 6) is 0.0953. The molecule has 0 aliphatic heterocycles. The van der Waals surface area contributed by atoms with Gasteiger partial charge in [0.2, 0.25) is 5.91 Å². The highest BCUT2D eigenvalue weighted by atomic mass is 16.6. The van der Waals surface area contributed by atoms with Crippen molar-refractivity contribution in [2.45, 2.75) is 25.7 Å². The van der Waals surface area contributed by atoms with Crippen LogP contribution in [-0.2, 0) is 4.79 Å². The molecular weight excluding hydrogens is 270 g/mol. The topological polar surface area (TPSA) is 84.3 Å². The van der Waals surface area contributed by atoms with E-state index in [9.17, 15) is 14.9 Å². The van der Waals surface area contributed by atoms with Crippen molar-refractivity contribution in [2.24, 2.45) is 11.3 Å². The van der Waals surface area contributed by atoms with E-state index in [0.717, 1.165) is 19.3 Å². The van der Waals surface area contributed by atoms with Gasteiger partial charge in [-0.1, -0.05) is 25.1 Å². The normalized spacial score (nSPS) is 21.2. The molecule has 0 radical (unpaired) electrons. The Hall–Kier alpha value is -2.37. The highest BCUT2D eigenvalue weighted by Crippen LogP contribution is 2.65. The summed E-state index contributed by atoms with van der Waals surface area (Å²) >= 11 is 0. The Morgan fingerprint density at radius 1 is 1.38 bits per heavy atom. The van der Waals surface area contributed by atoms with E-state index in [-0.39, 0.29) is 22.9 Å². The summed E-state index contributed by atoms with van der Waals surface area (Å²) < 4.78 is 0. The molecule has 2 N–H and O–H groups in total. The van der Waals surface area contributed by atoms with E-state index in [1.165, 1.54) is 18.6 Å². The smallest absolute Gasteiger partial charge is 0.270 e. The van der Waals surface area contributed by atoms with Gasteiger partial charge in [0.15, 0.2) is 0 Å². The van der Waals surface area contributed by atoms with E-state index < -0.39 is 4.92 Å². The van der Waals surface area contributed by atoms with Crippen molar-refractivity contribution in [3.05, 3.63) is 46.5 Å². The number of nitro groups is 1. The van der Waals surface area contributed by atoms with Gasteiger partial charge in [-0.2, -0.15) is 0 Å². The van der Waals surface area contributed by atoms with Crippen molar-refractivity contribution in [1.82, 2.24) is 10.9 Å². The first-order valence-corrected chi connectivity index (χ1v) is 7.01. The molecule has 6 nitrogen and oxygen atoms in total. The number of hydrogen-bond acceptors (Lipinski definition) is 4. The fourth-order valence-electron chi connectivity index (χ4n) is 3.01. The number of amides is 1. The maximum atomic E-state index is 12.0. The maximum Gasteiger partial charge on any atom is 0.270 e. The van der Waals surface area contributed by atoms with Crippen molar-refractivity contribution in [3.63, 3.8) is 0 Å². The quantitative estimate of drug-likeness (QED) is 0.643. The predicted molar refractivity (Wildman–Crippen MR) is 77.8 cm³/mol. The average Bonchev–Trinajstić information content (AvgIpc) is 3.20. The fraction of sp³-hybridized carbons (Fsp3) is 0.400. The van der Waals surface area contributed by atoms with Gasteiger partial charge >= 0.3 is 0 Å². The third-order valence-corrected chi connectivity index (χ3v) is 4.60. The number of carbonyl (C=O) groups excluding carboxylic acids is 1. The molecular formula is C15H17N3O3. The van der Waals surface area contributed by atoms with Crippen LogP contribution in [0, 0.1) is 21.4 Å². The molecule has 1 amide bonds. The standard InChI is InChI=1S/C15H17N3O3/c1-10(11-4-2-5-12(8-11)18(20)21)16-17-14(19)13-9-15(13)6-3-7-15/h2,4-5,8,13,16H,1,3,6-7,9H2,(H,17,19).